The average Bonchev–Trinajstić information content (AvgIpc) is 2.38. The molecule has 0 spiro atoms. The molecule has 2 rings (SSSR count). The molecule has 1 aromatic carbocycles. The molecule has 0 radical (unpaired) electrons. The largest absolute Gasteiger partial charge is 0.308 e. The fourth-order valence-electron chi connectivity index (χ4n) is 2.89. The molecule has 0 bridgehead atoms. The quantitative estimate of drug-likeness (QED) is 0.874. The molecule has 0 saturated carbocycles. The van der Waals surface area contributed by atoms with E-state index in [-0.39, 0.29) is 0 Å². The molecule has 0 aliphatic carbocycles. The van der Waals surface area contributed by atoms with Crippen molar-refractivity contribution in [2.75, 3.05) is 40.8 Å². The van der Waals surface area contributed by atoms with E-state index in [1.807, 2.05) is 0 Å². The zero-order chi connectivity index (χ0) is 13.7. The lowest BCUT2D eigenvalue weighted by Crippen LogP contribution is -2.47. The number of likely N-dealkylation sites (N-methyl/N-ethyl adjacent to an activating group) is 2. The van der Waals surface area contributed by atoms with E-state index >= 15 is 0 Å². The smallest absolute Gasteiger partial charge is 0.0451 e. The molecule has 19 heavy (non-hydrogen) atoms. The Kier molecular flexibility index (Phi) is 5.37. The summed E-state index contributed by atoms with van der Waals surface area (Å²) in [6.45, 7) is 3.45. The predicted octanol–water partition coefficient (Wildman–Crippen LogP) is 1.97. The van der Waals surface area contributed by atoms with Crippen molar-refractivity contribution in [3.05, 3.63) is 35.9 Å². The van der Waals surface area contributed by atoms with Gasteiger partial charge in [0.2, 0.25) is 0 Å². The van der Waals surface area contributed by atoms with E-state index in [0.717, 1.165) is 13.1 Å². The lowest BCUT2D eigenvalue weighted by Gasteiger charge is -2.34. The molecule has 1 aromatic rings. The summed E-state index contributed by atoms with van der Waals surface area (Å²) in [5, 5.41) is 3.85. The van der Waals surface area contributed by atoms with E-state index in [1.54, 1.807) is 0 Å². The first-order chi connectivity index (χ1) is 9.15. The van der Waals surface area contributed by atoms with Crippen LogP contribution in [0.25, 0.3) is 0 Å². The lowest BCUT2D eigenvalue weighted by molar-refractivity contribution is 0.206. The molecule has 1 saturated heterocycles. The number of hydrogen-bond donors (Lipinski definition) is 1. The Bertz CT molecular complexity index is 364. The van der Waals surface area contributed by atoms with E-state index in [0.29, 0.717) is 12.1 Å². The van der Waals surface area contributed by atoms with Gasteiger partial charge >= 0.3 is 0 Å². The molecule has 0 aromatic heterocycles. The zero-order valence-corrected chi connectivity index (χ0v) is 12.5. The van der Waals surface area contributed by atoms with Crippen molar-refractivity contribution in [1.29, 1.82) is 0 Å². The Morgan fingerprint density at radius 1 is 1.32 bits per heavy atom. The Morgan fingerprint density at radius 3 is 2.68 bits per heavy atom. The highest BCUT2D eigenvalue weighted by Gasteiger charge is 2.21. The van der Waals surface area contributed by atoms with Crippen molar-refractivity contribution >= 4 is 0 Å². The number of nitrogens with one attached hydrogen (secondary N) is 1. The van der Waals surface area contributed by atoms with Gasteiger partial charge in [-0.25, -0.2) is 0 Å². The molecule has 2 unspecified atom stereocenters. The number of benzene rings is 1. The van der Waals surface area contributed by atoms with Crippen molar-refractivity contribution in [3.8, 4) is 0 Å². The summed E-state index contributed by atoms with van der Waals surface area (Å²) < 4.78 is 0. The van der Waals surface area contributed by atoms with Gasteiger partial charge in [-0.3, -0.25) is 0 Å². The maximum absolute atomic E-state index is 3.85. The van der Waals surface area contributed by atoms with Crippen LogP contribution in [-0.4, -0.2) is 56.6 Å². The molecule has 1 heterocycles. The predicted molar refractivity (Wildman–Crippen MR) is 81.4 cm³/mol. The van der Waals surface area contributed by atoms with Crippen molar-refractivity contribution in [1.82, 2.24) is 15.1 Å². The first-order valence-electron chi connectivity index (χ1n) is 7.29. The highest BCUT2D eigenvalue weighted by Crippen LogP contribution is 2.17. The van der Waals surface area contributed by atoms with Crippen LogP contribution < -0.4 is 5.32 Å². The fraction of sp³-hybridized carbons (Fsp3) is 0.625. The van der Waals surface area contributed by atoms with E-state index in [1.165, 1.54) is 24.9 Å². The van der Waals surface area contributed by atoms with Crippen LogP contribution in [0.3, 0.4) is 0 Å². The van der Waals surface area contributed by atoms with Crippen LogP contribution in [0.2, 0.25) is 0 Å². The van der Waals surface area contributed by atoms with Gasteiger partial charge in [0.1, 0.15) is 0 Å². The Hall–Kier alpha value is -0.900. The molecule has 1 aliphatic heterocycles. The summed E-state index contributed by atoms with van der Waals surface area (Å²) >= 11 is 0. The number of piperidine rings is 1. The highest BCUT2D eigenvalue weighted by atomic mass is 15.2. The van der Waals surface area contributed by atoms with Crippen LogP contribution in [0.15, 0.2) is 30.3 Å². The van der Waals surface area contributed by atoms with Gasteiger partial charge in [-0.05, 0) is 46.1 Å². The summed E-state index contributed by atoms with van der Waals surface area (Å²) in [5.41, 5.74) is 1.39. The second-order valence-corrected chi connectivity index (χ2v) is 5.99. The highest BCUT2D eigenvalue weighted by molar-refractivity contribution is 5.19. The van der Waals surface area contributed by atoms with Crippen molar-refractivity contribution in [3.63, 3.8) is 0 Å². The van der Waals surface area contributed by atoms with Gasteiger partial charge < -0.3 is 15.1 Å². The van der Waals surface area contributed by atoms with Crippen molar-refractivity contribution in [2.24, 2.45) is 0 Å². The van der Waals surface area contributed by atoms with Gasteiger partial charge in [-0.2, -0.15) is 0 Å². The van der Waals surface area contributed by atoms with Gasteiger partial charge in [0.15, 0.2) is 0 Å². The van der Waals surface area contributed by atoms with Gasteiger partial charge in [0.25, 0.3) is 0 Å². The van der Waals surface area contributed by atoms with Gasteiger partial charge in [0.05, 0.1) is 0 Å². The normalized spacial score (nSPS) is 22.6. The number of hydrogen-bond acceptors (Lipinski definition) is 3. The van der Waals surface area contributed by atoms with E-state index < -0.39 is 0 Å². The lowest BCUT2D eigenvalue weighted by atomic mass is 10.0. The average molecular weight is 261 g/mol. The minimum Gasteiger partial charge on any atom is -0.308 e. The molecular formula is C16H27N3. The molecule has 1 fully saturated rings. The molecule has 2 atom stereocenters. The molecular weight excluding hydrogens is 234 g/mol. The molecule has 1 N–H and O–H groups in total. The first-order valence-corrected chi connectivity index (χ1v) is 7.29. The number of rotatable bonds is 5. The fourth-order valence-corrected chi connectivity index (χ4v) is 2.89. The molecule has 106 valence electrons. The molecule has 3 heteroatoms. The van der Waals surface area contributed by atoms with Crippen LogP contribution in [0.1, 0.15) is 24.4 Å². The summed E-state index contributed by atoms with van der Waals surface area (Å²) in [6.07, 6.45) is 2.60. The van der Waals surface area contributed by atoms with Gasteiger partial charge in [-0.15, -0.1) is 0 Å². The zero-order valence-electron chi connectivity index (χ0n) is 12.5. The van der Waals surface area contributed by atoms with Crippen LogP contribution in [-0.2, 0) is 0 Å². The Labute approximate surface area is 117 Å². The van der Waals surface area contributed by atoms with E-state index in [2.05, 4.69) is 66.6 Å². The summed E-state index contributed by atoms with van der Waals surface area (Å²) in [7, 11) is 6.51. The third-order valence-electron chi connectivity index (χ3n) is 3.81. The standard InChI is InChI=1S/C16H27N3/c1-18(2)13-16(14-8-5-4-6-9-14)17-15-10-7-11-19(3)12-15/h4-6,8-9,15-17H,7,10-13H2,1-3H3. The third-order valence-corrected chi connectivity index (χ3v) is 3.81. The van der Waals surface area contributed by atoms with Crippen LogP contribution in [0.5, 0.6) is 0 Å². The Morgan fingerprint density at radius 2 is 2.05 bits per heavy atom. The number of nitrogens with zero attached hydrogens (tertiary/aromatic N) is 2. The summed E-state index contributed by atoms with van der Waals surface area (Å²) in [6, 6.07) is 11.8. The summed E-state index contributed by atoms with van der Waals surface area (Å²) in [4.78, 5) is 4.69. The van der Waals surface area contributed by atoms with Gasteiger partial charge in [-0.1, -0.05) is 30.3 Å². The van der Waals surface area contributed by atoms with E-state index in [9.17, 15) is 0 Å². The maximum atomic E-state index is 3.85. The molecule has 3 nitrogen and oxygen atoms in total. The number of likely N-dealkylation sites (tertiary alicyclic amines) is 1. The minimum absolute atomic E-state index is 0.424. The third kappa shape index (κ3) is 4.60. The second kappa shape index (κ2) is 7.04. The molecule has 1 aliphatic rings. The maximum Gasteiger partial charge on any atom is 0.0451 e. The van der Waals surface area contributed by atoms with Crippen LogP contribution in [0.4, 0.5) is 0 Å². The minimum atomic E-state index is 0.424. The van der Waals surface area contributed by atoms with Gasteiger partial charge in [0, 0.05) is 25.2 Å². The van der Waals surface area contributed by atoms with Crippen LogP contribution in [0, 0.1) is 0 Å². The topological polar surface area (TPSA) is 18.5 Å². The van der Waals surface area contributed by atoms with E-state index in [4.69, 9.17) is 0 Å². The van der Waals surface area contributed by atoms with Crippen molar-refractivity contribution in [2.45, 2.75) is 24.9 Å². The second-order valence-electron chi connectivity index (χ2n) is 5.99. The van der Waals surface area contributed by atoms with Crippen LogP contribution >= 0.6 is 0 Å². The monoisotopic (exact) mass is 261 g/mol. The first kappa shape index (κ1) is 14.5. The summed E-state index contributed by atoms with van der Waals surface area (Å²) in [5.74, 6) is 0. The Balaban J connectivity index is 2.01. The van der Waals surface area contributed by atoms with Crippen molar-refractivity contribution < 1.29 is 0 Å². The molecule has 0 amide bonds. The SMILES string of the molecule is CN(C)CC(NC1CCCN(C)C1)c1ccccc1.